The fourth-order valence-corrected chi connectivity index (χ4v) is 7.63. The highest BCUT2D eigenvalue weighted by molar-refractivity contribution is 6.09. The van der Waals surface area contributed by atoms with Gasteiger partial charge in [-0.2, -0.15) is 0 Å². The number of esters is 1. The van der Waals surface area contributed by atoms with Crippen LogP contribution in [-0.4, -0.2) is 17.9 Å². The van der Waals surface area contributed by atoms with E-state index in [1.165, 1.54) is 18.9 Å². The largest absolute Gasteiger partial charge is 0.462 e. The van der Waals surface area contributed by atoms with Crippen LogP contribution in [0, 0.1) is 28.6 Å². The van der Waals surface area contributed by atoms with Crippen LogP contribution in [0.4, 0.5) is 0 Å². The van der Waals surface area contributed by atoms with Gasteiger partial charge in [0.15, 0.2) is 5.78 Å². The van der Waals surface area contributed by atoms with Gasteiger partial charge in [0.1, 0.15) is 6.10 Å². The number of carbonyl (C=O) groups excluding carboxylic acids is 2. The Hall–Kier alpha value is -2.16. The van der Waals surface area contributed by atoms with E-state index in [1.54, 1.807) is 0 Å². The third kappa shape index (κ3) is 3.23. The highest BCUT2D eigenvalue weighted by Gasteiger charge is 2.57. The van der Waals surface area contributed by atoms with Gasteiger partial charge in [0.25, 0.3) is 0 Å². The van der Waals surface area contributed by atoms with Gasteiger partial charge in [-0.15, -0.1) is 0 Å². The lowest BCUT2D eigenvalue weighted by molar-refractivity contribution is -0.148. The van der Waals surface area contributed by atoms with Crippen LogP contribution in [0.2, 0.25) is 0 Å². The molecule has 0 radical (unpaired) electrons. The quantitative estimate of drug-likeness (QED) is 0.329. The molecule has 2 saturated carbocycles. The number of Topliss-reactive ketones (excluding diaryl/α,β-unsaturated/α-hetero) is 1. The number of rotatable bonds is 3. The average Bonchev–Trinajstić information content (AvgIpc) is 3.11. The van der Waals surface area contributed by atoms with E-state index in [9.17, 15) is 9.59 Å². The molecule has 164 valence electrons. The number of hydrogen-bond acceptors (Lipinski definition) is 3. The summed E-state index contributed by atoms with van der Waals surface area (Å²) in [5, 5.41) is 0. The number of carbonyl (C=O) groups is 2. The fraction of sp³-hybridized carbons (Fsp3) is 0.571. The van der Waals surface area contributed by atoms with E-state index < -0.39 is 0 Å². The van der Waals surface area contributed by atoms with Crippen molar-refractivity contribution in [3.05, 3.63) is 59.2 Å². The summed E-state index contributed by atoms with van der Waals surface area (Å²) in [4.78, 5) is 24.8. The Morgan fingerprint density at radius 2 is 1.68 bits per heavy atom. The van der Waals surface area contributed by atoms with Crippen molar-refractivity contribution in [1.82, 2.24) is 0 Å². The van der Waals surface area contributed by atoms with Crippen molar-refractivity contribution < 1.29 is 14.3 Å². The molecule has 31 heavy (non-hydrogen) atoms. The van der Waals surface area contributed by atoms with Crippen molar-refractivity contribution in [2.75, 3.05) is 0 Å². The SMILES string of the molecule is CC(=O)O[C@H]1CC[C@@]2(C)C(=CC[C@@H]3[C@@H]2CC[C@]2(C)C(C(=O)c4ccccc4)=CC[C@@H]32)C1. The van der Waals surface area contributed by atoms with Gasteiger partial charge in [0, 0.05) is 24.5 Å². The molecular formula is C28H34O3. The van der Waals surface area contributed by atoms with Gasteiger partial charge >= 0.3 is 5.97 Å². The van der Waals surface area contributed by atoms with Gasteiger partial charge in [-0.05, 0) is 67.1 Å². The standard InChI is InChI=1S/C28H34O3/c1-18(29)31-21-13-15-27(2)20(17-21)9-10-22-23-11-12-25(28(23,3)16-14-24(22)27)26(30)19-7-5-4-6-8-19/h4-9,12,21-24H,10-11,13-17H2,1-3H3/t21-,22-,23-,24-,27-,28-/m0/s1. The van der Waals surface area contributed by atoms with E-state index in [1.807, 2.05) is 30.3 Å². The summed E-state index contributed by atoms with van der Waals surface area (Å²) >= 11 is 0. The van der Waals surface area contributed by atoms with Gasteiger partial charge in [-0.25, -0.2) is 0 Å². The number of benzene rings is 1. The van der Waals surface area contributed by atoms with Crippen LogP contribution >= 0.6 is 0 Å². The van der Waals surface area contributed by atoms with Crippen LogP contribution in [0.3, 0.4) is 0 Å². The Labute approximate surface area is 185 Å². The highest BCUT2D eigenvalue weighted by atomic mass is 16.5. The molecule has 3 nitrogen and oxygen atoms in total. The van der Waals surface area contributed by atoms with Gasteiger partial charge in [0.05, 0.1) is 0 Å². The Kier molecular flexibility index (Phi) is 4.99. The summed E-state index contributed by atoms with van der Waals surface area (Å²) in [6, 6.07) is 9.78. The van der Waals surface area contributed by atoms with Gasteiger partial charge < -0.3 is 4.74 Å². The van der Waals surface area contributed by atoms with Crippen LogP contribution in [0.25, 0.3) is 0 Å². The minimum atomic E-state index is -0.163. The van der Waals surface area contributed by atoms with Crippen molar-refractivity contribution in [1.29, 1.82) is 0 Å². The highest BCUT2D eigenvalue weighted by Crippen LogP contribution is 2.65. The summed E-state index contributed by atoms with van der Waals surface area (Å²) in [6.45, 7) is 6.33. The maximum Gasteiger partial charge on any atom is 0.302 e. The topological polar surface area (TPSA) is 43.4 Å². The predicted molar refractivity (Wildman–Crippen MR) is 121 cm³/mol. The monoisotopic (exact) mass is 418 g/mol. The lowest BCUT2D eigenvalue weighted by Gasteiger charge is -2.57. The summed E-state index contributed by atoms with van der Waals surface area (Å²) in [5.41, 5.74) is 3.60. The second kappa shape index (κ2) is 7.46. The first kappa shape index (κ1) is 20.7. The van der Waals surface area contributed by atoms with E-state index in [2.05, 4.69) is 26.0 Å². The molecule has 0 N–H and O–H groups in total. The fourth-order valence-electron chi connectivity index (χ4n) is 7.63. The van der Waals surface area contributed by atoms with Crippen molar-refractivity contribution in [2.45, 2.75) is 71.8 Å². The number of fused-ring (bicyclic) bond motifs is 5. The van der Waals surface area contributed by atoms with Crippen LogP contribution in [0.15, 0.2) is 53.6 Å². The number of ketones is 1. The number of hydrogen-bond donors (Lipinski definition) is 0. The maximum atomic E-state index is 13.4. The molecule has 4 aliphatic rings. The average molecular weight is 419 g/mol. The molecule has 0 heterocycles. The van der Waals surface area contributed by atoms with Gasteiger partial charge in [-0.3, -0.25) is 9.59 Å². The second-order valence-corrected chi connectivity index (χ2v) is 10.7. The molecule has 3 heteroatoms. The zero-order valence-electron chi connectivity index (χ0n) is 19.0. The Morgan fingerprint density at radius 3 is 2.42 bits per heavy atom. The van der Waals surface area contributed by atoms with Crippen molar-refractivity contribution in [2.24, 2.45) is 28.6 Å². The molecule has 1 aromatic carbocycles. The first-order chi connectivity index (χ1) is 14.8. The molecule has 2 fully saturated rings. The number of ether oxygens (including phenoxy) is 1. The maximum absolute atomic E-state index is 13.4. The van der Waals surface area contributed by atoms with Crippen LogP contribution in [-0.2, 0) is 9.53 Å². The van der Waals surface area contributed by atoms with E-state index >= 15 is 0 Å². The molecule has 5 rings (SSSR count). The lowest BCUT2D eigenvalue weighted by atomic mass is 9.47. The molecule has 0 aromatic heterocycles. The Balaban J connectivity index is 1.39. The van der Waals surface area contributed by atoms with Gasteiger partial charge in [0.2, 0.25) is 0 Å². The van der Waals surface area contributed by atoms with Crippen molar-refractivity contribution in [3.8, 4) is 0 Å². The van der Waals surface area contributed by atoms with E-state index in [4.69, 9.17) is 4.74 Å². The molecule has 1 aromatic rings. The molecule has 0 spiro atoms. The van der Waals surface area contributed by atoms with E-state index in [-0.39, 0.29) is 28.7 Å². The van der Waals surface area contributed by atoms with Crippen molar-refractivity contribution in [3.63, 3.8) is 0 Å². The van der Waals surface area contributed by atoms with Crippen LogP contribution in [0.1, 0.15) is 76.1 Å². The zero-order valence-corrected chi connectivity index (χ0v) is 19.0. The Morgan fingerprint density at radius 1 is 0.935 bits per heavy atom. The zero-order chi connectivity index (χ0) is 21.8. The van der Waals surface area contributed by atoms with Crippen molar-refractivity contribution >= 4 is 11.8 Å². The molecule has 0 aliphatic heterocycles. The lowest BCUT2D eigenvalue weighted by Crippen LogP contribution is -2.50. The predicted octanol–water partition coefficient (Wildman–Crippen LogP) is 6.30. The smallest absolute Gasteiger partial charge is 0.302 e. The summed E-state index contributed by atoms with van der Waals surface area (Å²) in [5.74, 6) is 1.92. The minimum absolute atomic E-state index is 0.00919. The molecule has 0 saturated heterocycles. The van der Waals surface area contributed by atoms with Crippen LogP contribution < -0.4 is 0 Å². The first-order valence-corrected chi connectivity index (χ1v) is 12.0. The van der Waals surface area contributed by atoms with Gasteiger partial charge in [-0.1, -0.05) is 61.9 Å². The summed E-state index contributed by atoms with van der Waals surface area (Å²) in [7, 11) is 0. The molecule has 0 unspecified atom stereocenters. The summed E-state index contributed by atoms with van der Waals surface area (Å²) in [6.07, 6.45) is 12.2. The number of allylic oxidation sites excluding steroid dienone is 3. The Bertz CT molecular complexity index is 958. The molecular weight excluding hydrogens is 384 g/mol. The first-order valence-electron chi connectivity index (χ1n) is 12.0. The van der Waals surface area contributed by atoms with Crippen LogP contribution in [0.5, 0.6) is 0 Å². The third-order valence-corrected chi connectivity index (χ3v) is 9.25. The molecule has 6 atom stereocenters. The molecule has 0 amide bonds. The molecule has 0 bridgehead atoms. The summed E-state index contributed by atoms with van der Waals surface area (Å²) < 4.78 is 5.56. The third-order valence-electron chi connectivity index (χ3n) is 9.25. The second-order valence-electron chi connectivity index (χ2n) is 10.7. The molecule has 4 aliphatic carbocycles. The normalized spacial score (nSPS) is 38.8. The van der Waals surface area contributed by atoms with E-state index in [0.29, 0.717) is 17.8 Å². The van der Waals surface area contributed by atoms with E-state index in [0.717, 1.165) is 49.7 Å². The minimum Gasteiger partial charge on any atom is -0.462 e.